The van der Waals surface area contributed by atoms with Crippen LogP contribution >= 0.6 is 0 Å². The lowest BCUT2D eigenvalue weighted by Crippen LogP contribution is -2.29. The van der Waals surface area contributed by atoms with Gasteiger partial charge in [-0.05, 0) is 43.0 Å². The predicted octanol–water partition coefficient (Wildman–Crippen LogP) is 2.67. The number of nitrogens with zero attached hydrogens (tertiary/aromatic N) is 1. The highest BCUT2D eigenvalue weighted by molar-refractivity contribution is 7.93. The highest BCUT2D eigenvalue weighted by Gasteiger charge is 2.28. The third-order valence-corrected chi connectivity index (χ3v) is 6.48. The van der Waals surface area contributed by atoms with Crippen LogP contribution < -0.4 is 9.62 Å². The molecule has 0 bridgehead atoms. The average Bonchev–Trinajstić information content (AvgIpc) is 2.91. The zero-order valence-corrected chi connectivity index (χ0v) is 13.7. The highest BCUT2D eigenvalue weighted by atomic mass is 32.2. The van der Waals surface area contributed by atoms with Crippen molar-refractivity contribution in [1.29, 1.82) is 0 Å². The Morgan fingerprint density at radius 1 is 1.23 bits per heavy atom. The number of benzene rings is 1. The molecule has 0 unspecified atom stereocenters. The molecule has 1 amide bonds. The van der Waals surface area contributed by atoms with Crippen molar-refractivity contribution in [3.8, 4) is 0 Å². The summed E-state index contributed by atoms with van der Waals surface area (Å²) in [5, 5.41) is -0.275. The number of rotatable bonds is 3. The monoisotopic (exact) mass is 322 g/mol. The van der Waals surface area contributed by atoms with Gasteiger partial charge in [-0.1, -0.05) is 19.3 Å². The van der Waals surface area contributed by atoms with Crippen LogP contribution in [0.5, 0.6) is 0 Å². The summed E-state index contributed by atoms with van der Waals surface area (Å²) in [4.78, 5) is 13.3. The lowest BCUT2D eigenvalue weighted by atomic mass is 10.0. The molecular formula is C16H22N2O3S. The first-order valence-electron chi connectivity index (χ1n) is 7.90. The van der Waals surface area contributed by atoms with Gasteiger partial charge in [0.15, 0.2) is 0 Å². The standard InChI is InChI=1S/C16H22N2O3S/c1-12(19)18-10-9-13-11-14(7-8-16(13)18)17-22(20,21)15-5-3-2-4-6-15/h7-8,11,15,17H,2-6,9-10H2,1H3. The molecule has 1 aromatic carbocycles. The van der Waals surface area contributed by atoms with E-state index in [1.807, 2.05) is 12.1 Å². The molecule has 1 saturated carbocycles. The molecule has 2 aliphatic rings. The minimum Gasteiger partial charge on any atom is -0.312 e. The SMILES string of the molecule is CC(=O)N1CCc2cc(NS(=O)(=O)C3CCCCC3)ccc21. The van der Waals surface area contributed by atoms with Crippen LogP contribution in [0.2, 0.25) is 0 Å². The first-order chi connectivity index (χ1) is 10.5. The number of carbonyl (C=O) groups is 1. The van der Waals surface area contributed by atoms with E-state index in [0.717, 1.165) is 49.8 Å². The maximum atomic E-state index is 12.5. The van der Waals surface area contributed by atoms with Crippen LogP contribution in [0.4, 0.5) is 11.4 Å². The number of hydrogen-bond donors (Lipinski definition) is 1. The maximum absolute atomic E-state index is 12.5. The molecule has 6 heteroatoms. The molecule has 3 rings (SSSR count). The molecule has 1 heterocycles. The number of hydrogen-bond acceptors (Lipinski definition) is 3. The summed E-state index contributed by atoms with van der Waals surface area (Å²) < 4.78 is 27.6. The molecule has 0 saturated heterocycles. The molecule has 22 heavy (non-hydrogen) atoms. The van der Waals surface area contributed by atoms with E-state index in [2.05, 4.69) is 4.72 Å². The van der Waals surface area contributed by atoms with Crippen LogP contribution in [0.1, 0.15) is 44.6 Å². The third kappa shape index (κ3) is 2.97. The molecule has 1 aliphatic carbocycles. The first kappa shape index (κ1) is 15.3. The van der Waals surface area contributed by atoms with E-state index in [-0.39, 0.29) is 11.2 Å². The Bertz CT molecular complexity index is 679. The Morgan fingerprint density at radius 3 is 2.64 bits per heavy atom. The molecular weight excluding hydrogens is 300 g/mol. The fourth-order valence-corrected chi connectivity index (χ4v) is 4.99. The van der Waals surface area contributed by atoms with Crippen LogP contribution in [-0.2, 0) is 21.2 Å². The highest BCUT2D eigenvalue weighted by Crippen LogP contribution is 2.32. The molecule has 0 spiro atoms. The van der Waals surface area contributed by atoms with E-state index < -0.39 is 10.0 Å². The van der Waals surface area contributed by atoms with Crippen molar-refractivity contribution in [2.75, 3.05) is 16.2 Å². The predicted molar refractivity (Wildman–Crippen MR) is 87.6 cm³/mol. The molecule has 0 atom stereocenters. The fourth-order valence-electron chi connectivity index (χ4n) is 3.42. The zero-order valence-electron chi connectivity index (χ0n) is 12.8. The maximum Gasteiger partial charge on any atom is 0.235 e. The largest absolute Gasteiger partial charge is 0.312 e. The van der Waals surface area contributed by atoms with Crippen molar-refractivity contribution in [2.24, 2.45) is 0 Å². The van der Waals surface area contributed by atoms with E-state index in [1.54, 1.807) is 17.9 Å². The van der Waals surface area contributed by atoms with Crippen LogP contribution in [0.25, 0.3) is 0 Å². The molecule has 120 valence electrons. The molecule has 1 N–H and O–H groups in total. The zero-order chi connectivity index (χ0) is 15.7. The molecule has 1 fully saturated rings. The van der Waals surface area contributed by atoms with Crippen molar-refractivity contribution in [3.63, 3.8) is 0 Å². The van der Waals surface area contributed by atoms with E-state index in [4.69, 9.17) is 0 Å². The number of fused-ring (bicyclic) bond motifs is 1. The third-order valence-electron chi connectivity index (χ3n) is 4.61. The summed E-state index contributed by atoms with van der Waals surface area (Å²) in [7, 11) is -3.31. The molecule has 1 aromatic rings. The van der Waals surface area contributed by atoms with Crippen molar-refractivity contribution >= 4 is 27.3 Å². The van der Waals surface area contributed by atoms with Gasteiger partial charge in [0.05, 0.1) is 5.25 Å². The lowest BCUT2D eigenvalue weighted by Gasteiger charge is -2.22. The number of sulfonamides is 1. The summed E-state index contributed by atoms with van der Waals surface area (Å²) in [6, 6.07) is 5.45. The molecule has 0 aromatic heterocycles. The quantitative estimate of drug-likeness (QED) is 0.930. The molecule has 5 nitrogen and oxygen atoms in total. The van der Waals surface area contributed by atoms with Crippen LogP contribution in [-0.4, -0.2) is 26.1 Å². The van der Waals surface area contributed by atoms with E-state index in [9.17, 15) is 13.2 Å². The average molecular weight is 322 g/mol. The van der Waals surface area contributed by atoms with Crippen LogP contribution in [0, 0.1) is 0 Å². The Morgan fingerprint density at radius 2 is 1.95 bits per heavy atom. The summed E-state index contributed by atoms with van der Waals surface area (Å²) in [6.45, 7) is 2.22. The summed E-state index contributed by atoms with van der Waals surface area (Å²) in [5.41, 5.74) is 2.53. The molecule has 0 radical (unpaired) electrons. The Labute approximate surface area is 131 Å². The minimum absolute atomic E-state index is 0.0225. The van der Waals surface area contributed by atoms with Gasteiger partial charge >= 0.3 is 0 Å². The van der Waals surface area contributed by atoms with E-state index in [1.165, 1.54) is 0 Å². The number of anilines is 2. The topological polar surface area (TPSA) is 66.5 Å². The summed E-state index contributed by atoms with van der Waals surface area (Å²) >= 11 is 0. The lowest BCUT2D eigenvalue weighted by molar-refractivity contribution is -0.116. The number of amides is 1. The molecule has 1 aliphatic heterocycles. The van der Waals surface area contributed by atoms with Gasteiger partial charge in [-0.2, -0.15) is 0 Å². The fraction of sp³-hybridized carbons (Fsp3) is 0.562. The normalized spacial score (nSPS) is 19.0. The van der Waals surface area contributed by atoms with Crippen molar-refractivity contribution < 1.29 is 13.2 Å². The van der Waals surface area contributed by atoms with Gasteiger partial charge in [0, 0.05) is 24.8 Å². The van der Waals surface area contributed by atoms with E-state index in [0.29, 0.717) is 12.2 Å². The Balaban J connectivity index is 1.78. The minimum atomic E-state index is -3.31. The van der Waals surface area contributed by atoms with Gasteiger partial charge in [0.2, 0.25) is 15.9 Å². The summed E-state index contributed by atoms with van der Waals surface area (Å²) in [6.07, 6.45) is 5.38. The smallest absolute Gasteiger partial charge is 0.235 e. The van der Waals surface area contributed by atoms with Crippen molar-refractivity contribution in [2.45, 2.75) is 50.7 Å². The van der Waals surface area contributed by atoms with Gasteiger partial charge in [-0.3, -0.25) is 9.52 Å². The second kappa shape index (κ2) is 5.91. The van der Waals surface area contributed by atoms with Crippen LogP contribution in [0.15, 0.2) is 18.2 Å². The second-order valence-electron chi connectivity index (χ2n) is 6.17. The second-order valence-corrected chi connectivity index (χ2v) is 8.13. The summed E-state index contributed by atoms with van der Waals surface area (Å²) in [5.74, 6) is 0.0225. The van der Waals surface area contributed by atoms with Gasteiger partial charge in [0.25, 0.3) is 0 Å². The number of nitrogens with one attached hydrogen (secondary N) is 1. The number of carbonyl (C=O) groups excluding carboxylic acids is 1. The van der Waals surface area contributed by atoms with Gasteiger partial charge < -0.3 is 4.90 Å². The Hall–Kier alpha value is -1.56. The van der Waals surface area contributed by atoms with E-state index >= 15 is 0 Å². The first-order valence-corrected chi connectivity index (χ1v) is 9.45. The van der Waals surface area contributed by atoms with Gasteiger partial charge in [-0.15, -0.1) is 0 Å². The van der Waals surface area contributed by atoms with Crippen LogP contribution in [0.3, 0.4) is 0 Å². The van der Waals surface area contributed by atoms with Gasteiger partial charge in [-0.25, -0.2) is 8.42 Å². The van der Waals surface area contributed by atoms with Crippen molar-refractivity contribution in [3.05, 3.63) is 23.8 Å². The van der Waals surface area contributed by atoms with Crippen molar-refractivity contribution in [1.82, 2.24) is 0 Å². The Kier molecular flexibility index (Phi) is 4.12. The van der Waals surface area contributed by atoms with Gasteiger partial charge in [0.1, 0.15) is 0 Å².